The molecule has 5 nitrogen and oxygen atoms in total. The van der Waals surface area contributed by atoms with Crippen LogP contribution >= 0.6 is 0 Å². The van der Waals surface area contributed by atoms with Gasteiger partial charge in [-0.1, -0.05) is 48.0 Å². The van der Waals surface area contributed by atoms with E-state index >= 15 is 0 Å². The zero-order valence-electron chi connectivity index (χ0n) is 14.7. The van der Waals surface area contributed by atoms with E-state index in [-0.39, 0.29) is 11.7 Å². The van der Waals surface area contributed by atoms with Gasteiger partial charge in [0.15, 0.2) is 9.84 Å². The van der Waals surface area contributed by atoms with Crippen LogP contribution in [0.2, 0.25) is 0 Å². The van der Waals surface area contributed by atoms with Gasteiger partial charge in [0.25, 0.3) is 5.91 Å². The molecular formula is C21H18N2O3S. The third-order valence-electron chi connectivity index (χ3n) is 4.55. The molecule has 2 aromatic carbocycles. The number of fused-ring (bicyclic) bond motifs is 1. The molecule has 1 aliphatic rings. The summed E-state index contributed by atoms with van der Waals surface area (Å²) in [6.07, 6.45) is 1.51. The molecule has 27 heavy (non-hydrogen) atoms. The Hall–Kier alpha value is -2.99. The number of nitrogens with zero attached hydrogens (tertiary/aromatic N) is 1. The molecule has 0 saturated heterocycles. The van der Waals surface area contributed by atoms with Crippen LogP contribution in [0.25, 0.3) is 22.2 Å². The van der Waals surface area contributed by atoms with E-state index in [1.165, 1.54) is 6.08 Å². The predicted molar refractivity (Wildman–Crippen MR) is 106 cm³/mol. The second kappa shape index (κ2) is 6.63. The molecule has 0 radical (unpaired) electrons. The van der Waals surface area contributed by atoms with Crippen LogP contribution < -0.4 is 5.32 Å². The average molecular weight is 378 g/mol. The molecular weight excluding hydrogens is 360 g/mol. The first-order valence-corrected chi connectivity index (χ1v) is 10.3. The minimum atomic E-state index is -3.23. The van der Waals surface area contributed by atoms with Crippen LogP contribution in [0.3, 0.4) is 0 Å². The molecule has 1 N–H and O–H groups in total. The van der Waals surface area contributed by atoms with E-state index in [4.69, 9.17) is 0 Å². The van der Waals surface area contributed by atoms with E-state index in [2.05, 4.69) is 10.3 Å². The van der Waals surface area contributed by atoms with Crippen molar-refractivity contribution < 1.29 is 13.2 Å². The predicted octanol–water partition coefficient (Wildman–Crippen LogP) is 3.25. The average Bonchev–Trinajstić information content (AvgIpc) is 2.99. The highest BCUT2D eigenvalue weighted by atomic mass is 32.2. The molecule has 3 aromatic rings. The molecule has 4 rings (SSSR count). The lowest BCUT2D eigenvalue weighted by molar-refractivity contribution is 0.0949. The number of rotatable bonds is 3. The summed E-state index contributed by atoms with van der Waals surface area (Å²) in [5.41, 5.74) is 3.97. The zero-order chi connectivity index (χ0) is 19.0. The van der Waals surface area contributed by atoms with E-state index < -0.39 is 15.9 Å². The number of para-hydroxylation sites is 1. The number of benzene rings is 2. The smallest absolute Gasteiger partial charge is 0.252 e. The summed E-state index contributed by atoms with van der Waals surface area (Å²) in [5, 5.41) is 4.68. The van der Waals surface area contributed by atoms with Crippen molar-refractivity contribution in [2.75, 3.05) is 5.75 Å². The van der Waals surface area contributed by atoms with Crippen LogP contribution in [-0.4, -0.2) is 31.1 Å². The quantitative estimate of drug-likeness (QED) is 0.759. The van der Waals surface area contributed by atoms with Crippen molar-refractivity contribution in [2.24, 2.45) is 0 Å². The Kier molecular flexibility index (Phi) is 4.28. The fourth-order valence-electron chi connectivity index (χ4n) is 3.15. The van der Waals surface area contributed by atoms with Crippen LogP contribution in [0.1, 0.15) is 15.9 Å². The minimum absolute atomic E-state index is 0.105. The lowest BCUT2D eigenvalue weighted by Crippen LogP contribution is -2.35. The summed E-state index contributed by atoms with van der Waals surface area (Å²) >= 11 is 0. The van der Waals surface area contributed by atoms with Crippen LogP contribution in [0.5, 0.6) is 0 Å². The van der Waals surface area contributed by atoms with E-state index in [1.807, 2.05) is 55.5 Å². The molecule has 136 valence electrons. The van der Waals surface area contributed by atoms with Gasteiger partial charge in [0.05, 0.1) is 28.6 Å². The molecule has 0 unspecified atom stereocenters. The van der Waals surface area contributed by atoms with E-state index in [1.54, 1.807) is 6.07 Å². The van der Waals surface area contributed by atoms with E-state index in [9.17, 15) is 13.2 Å². The molecule has 0 bridgehead atoms. The number of aryl methyl sites for hydroxylation is 1. The van der Waals surface area contributed by atoms with E-state index in [0.717, 1.165) is 27.4 Å². The second-order valence-electron chi connectivity index (χ2n) is 6.68. The maximum absolute atomic E-state index is 12.9. The SMILES string of the molecule is Cc1ccc(-c2cc(C(=O)N[C@@H]3C=CS(=O)(=O)C3)c3ccccc3n2)cc1. The molecule has 1 atom stereocenters. The topological polar surface area (TPSA) is 76.1 Å². The Labute approximate surface area is 157 Å². The highest BCUT2D eigenvalue weighted by Gasteiger charge is 2.24. The summed E-state index contributed by atoms with van der Waals surface area (Å²) in [4.78, 5) is 17.6. The summed E-state index contributed by atoms with van der Waals surface area (Å²) in [7, 11) is -3.23. The van der Waals surface area contributed by atoms with Crippen LogP contribution in [0, 0.1) is 6.92 Å². The first-order chi connectivity index (χ1) is 12.9. The summed E-state index contributed by atoms with van der Waals surface area (Å²) in [6, 6.07) is 16.6. The molecule has 1 aliphatic heterocycles. The van der Waals surface area contributed by atoms with Crippen molar-refractivity contribution in [3.63, 3.8) is 0 Å². The lowest BCUT2D eigenvalue weighted by Gasteiger charge is -2.13. The minimum Gasteiger partial charge on any atom is -0.345 e. The van der Waals surface area contributed by atoms with Crippen molar-refractivity contribution >= 4 is 26.6 Å². The largest absolute Gasteiger partial charge is 0.345 e. The Morgan fingerprint density at radius 1 is 1.11 bits per heavy atom. The highest BCUT2D eigenvalue weighted by Crippen LogP contribution is 2.25. The number of nitrogens with one attached hydrogen (secondary N) is 1. The number of hydrogen-bond donors (Lipinski definition) is 1. The van der Waals surface area contributed by atoms with Crippen molar-refractivity contribution in [1.29, 1.82) is 0 Å². The highest BCUT2D eigenvalue weighted by molar-refractivity contribution is 7.94. The Morgan fingerprint density at radius 3 is 2.56 bits per heavy atom. The summed E-state index contributed by atoms with van der Waals surface area (Å²) < 4.78 is 23.2. The molecule has 0 spiro atoms. The number of amides is 1. The van der Waals surface area contributed by atoms with Gasteiger partial charge in [-0.05, 0) is 25.1 Å². The van der Waals surface area contributed by atoms with Crippen LogP contribution in [-0.2, 0) is 9.84 Å². The number of carbonyl (C=O) groups excluding carboxylic acids is 1. The first kappa shape index (κ1) is 17.4. The van der Waals surface area contributed by atoms with Gasteiger partial charge in [-0.25, -0.2) is 13.4 Å². The van der Waals surface area contributed by atoms with Crippen molar-refractivity contribution in [3.05, 3.63) is 77.2 Å². The monoisotopic (exact) mass is 378 g/mol. The molecule has 0 fully saturated rings. The van der Waals surface area contributed by atoms with Crippen molar-refractivity contribution in [3.8, 4) is 11.3 Å². The standard InChI is InChI=1S/C21H18N2O3S/c1-14-6-8-15(9-7-14)20-12-18(17-4-2-3-5-19(17)23-20)21(24)22-16-10-11-27(25,26)13-16/h2-12,16H,13H2,1H3,(H,22,24)/t16-/m1/s1. The number of carbonyl (C=O) groups is 1. The summed E-state index contributed by atoms with van der Waals surface area (Å²) in [5.74, 6) is -0.416. The van der Waals surface area contributed by atoms with Gasteiger partial charge in [-0.15, -0.1) is 0 Å². The Morgan fingerprint density at radius 2 is 1.85 bits per heavy atom. The van der Waals surface area contributed by atoms with Gasteiger partial charge < -0.3 is 5.32 Å². The second-order valence-corrected chi connectivity index (χ2v) is 8.61. The maximum atomic E-state index is 12.9. The van der Waals surface area contributed by atoms with Crippen LogP contribution in [0.15, 0.2) is 66.1 Å². The molecule has 0 aliphatic carbocycles. The molecule has 0 saturated carbocycles. The fourth-order valence-corrected chi connectivity index (χ4v) is 4.38. The van der Waals surface area contributed by atoms with Gasteiger partial charge in [-0.3, -0.25) is 4.79 Å². The Balaban J connectivity index is 1.75. The molecule has 1 aromatic heterocycles. The zero-order valence-corrected chi connectivity index (χ0v) is 15.5. The third-order valence-corrected chi connectivity index (χ3v) is 5.95. The van der Waals surface area contributed by atoms with Gasteiger partial charge >= 0.3 is 0 Å². The van der Waals surface area contributed by atoms with Gasteiger partial charge in [0.1, 0.15) is 0 Å². The fraction of sp³-hybridized carbons (Fsp3) is 0.143. The van der Waals surface area contributed by atoms with Crippen molar-refractivity contribution in [1.82, 2.24) is 10.3 Å². The number of pyridine rings is 1. The summed E-state index contributed by atoms with van der Waals surface area (Å²) in [6.45, 7) is 2.01. The number of aromatic nitrogens is 1. The molecule has 2 heterocycles. The maximum Gasteiger partial charge on any atom is 0.252 e. The number of sulfone groups is 1. The van der Waals surface area contributed by atoms with Crippen molar-refractivity contribution in [2.45, 2.75) is 13.0 Å². The van der Waals surface area contributed by atoms with Crippen LogP contribution in [0.4, 0.5) is 0 Å². The van der Waals surface area contributed by atoms with Gasteiger partial charge in [0.2, 0.25) is 0 Å². The van der Waals surface area contributed by atoms with Gasteiger partial charge in [-0.2, -0.15) is 0 Å². The molecule has 6 heteroatoms. The molecule has 1 amide bonds. The van der Waals surface area contributed by atoms with E-state index in [0.29, 0.717) is 11.3 Å². The van der Waals surface area contributed by atoms with Gasteiger partial charge in [0, 0.05) is 16.4 Å². The normalized spacial score (nSPS) is 17.9. The third kappa shape index (κ3) is 3.61. The number of hydrogen-bond acceptors (Lipinski definition) is 4. The Bertz CT molecular complexity index is 1170. The first-order valence-electron chi connectivity index (χ1n) is 8.60. The lowest BCUT2D eigenvalue weighted by atomic mass is 10.0.